The highest BCUT2D eigenvalue weighted by molar-refractivity contribution is 4.77. The minimum absolute atomic E-state index is 0.800. The van der Waals surface area contributed by atoms with Crippen LogP contribution in [0.2, 0.25) is 0 Å². The molecule has 0 aromatic heterocycles. The summed E-state index contributed by atoms with van der Waals surface area (Å²) < 4.78 is 0. The predicted molar refractivity (Wildman–Crippen MR) is 56.8 cm³/mol. The second-order valence-corrected chi connectivity index (χ2v) is 3.93. The summed E-state index contributed by atoms with van der Waals surface area (Å²) in [5, 5.41) is 0. The average molecular weight is 185 g/mol. The lowest BCUT2D eigenvalue weighted by Gasteiger charge is -2.36. The zero-order chi connectivity index (χ0) is 9.68. The monoisotopic (exact) mass is 185 g/mol. The molecular formula is C10H23N3. The third-order valence-corrected chi connectivity index (χ3v) is 3.12. The van der Waals surface area contributed by atoms with Gasteiger partial charge >= 0.3 is 0 Å². The van der Waals surface area contributed by atoms with Gasteiger partial charge in [-0.3, -0.25) is 0 Å². The summed E-state index contributed by atoms with van der Waals surface area (Å²) in [5.74, 6) is 0. The van der Waals surface area contributed by atoms with E-state index in [9.17, 15) is 0 Å². The van der Waals surface area contributed by atoms with Crippen LogP contribution in [0.15, 0.2) is 0 Å². The lowest BCUT2D eigenvalue weighted by Crippen LogP contribution is -2.44. The molecule has 1 fully saturated rings. The smallest absolute Gasteiger partial charge is 0.0116 e. The van der Waals surface area contributed by atoms with Crippen LogP contribution in [-0.2, 0) is 0 Å². The van der Waals surface area contributed by atoms with Gasteiger partial charge in [0.05, 0.1) is 0 Å². The fraction of sp³-hybridized carbons (Fsp3) is 1.00. The van der Waals surface area contributed by atoms with Crippen LogP contribution in [-0.4, -0.2) is 55.6 Å². The average Bonchev–Trinajstić information content (AvgIpc) is 2.18. The molecule has 0 aromatic carbocycles. The van der Waals surface area contributed by atoms with E-state index in [1.807, 2.05) is 0 Å². The molecule has 0 radical (unpaired) electrons. The first kappa shape index (κ1) is 11.0. The van der Waals surface area contributed by atoms with Gasteiger partial charge in [0.1, 0.15) is 0 Å². The Balaban J connectivity index is 2.22. The number of hydrogen-bond donors (Lipinski definition) is 1. The van der Waals surface area contributed by atoms with E-state index in [0.717, 1.165) is 19.1 Å². The maximum absolute atomic E-state index is 5.53. The molecule has 1 rings (SSSR count). The first-order valence-electron chi connectivity index (χ1n) is 5.40. The number of rotatable bonds is 4. The minimum Gasteiger partial charge on any atom is -0.329 e. The summed E-state index contributed by atoms with van der Waals surface area (Å²) in [4.78, 5) is 4.93. The van der Waals surface area contributed by atoms with E-state index < -0.39 is 0 Å². The van der Waals surface area contributed by atoms with Crippen molar-refractivity contribution in [2.45, 2.75) is 25.8 Å². The van der Waals surface area contributed by atoms with Gasteiger partial charge < -0.3 is 15.5 Å². The van der Waals surface area contributed by atoms with Crippen molar-refractivity contribution in [3.05, 3.63) is 0 Å². The zero-order valence-electron chi connectivity index (χ0n) is 9.00. The highest BCUT2D eigenvalue weighted by atomic mass is 15.2. The van der Waals surface area contributed by atoms with Gasteiger partial charge in [-0.1, -0.05) is 6.92 Å². The SMILES string of the molecule is CCN(C)C1CCN(CCN)CC1. The summed E-state index contributed by atoms with van der Waals surface area (Å²) in [6.07, 6.45) is 2.62. The molecular weight excluding hydrogens is 162 g/mol. The van der Waals surface area contributed by atoms with Gasteiger partial charge in [0.25, 0.3) is 0 Å². The van der Waals surface area contributed by atoms with Gasteiger partial charge in [-0.15, -0.1) is 0 Å². The van der Waals surface area contributed by atoms with Crippen molar-refractivity contribution in [1.82, 2.24) is 9.80 Å². The number of likely N-dealkylation sites (tertiary alicyclic amines) is 1. The van der Waals surface area contributed by atoms with Crippen molar-refractivity contribution < 1.29 is 0 Å². The zero-order valence-corrected chi connectivity index (χ0v) is 9.00. The van der Waals surface area contributed by atoms with Crippen molar-refractivity contribution in [1.29, 1.82) is 0 Å². The maximum Gasteiger partial charge on any atom is 0.0116 e. The molecule has 0 unspecified atom stereocenters. The highest BCUT2D eigenvalue weighted by Crippen LogP contribution is 2.14. The van der Waals surface area contributed by atoms with Gasteiger partial charge in [-0.2, -0.15) is 0 Å². The summed E-state index contributed by atoms with van der Waals surface area (Å²) in [7, 11) is 2.23. The predicted octanol–water partition coefficient (Wildman–Crippen LogP) is 0.361. The summed E-state index contributed by atoms with van der Waals surface area (Å²) in [6.45, 7) is 7.73. The van der Waals surface area contributed by atoms with Gasteiger partial charge in [-0.25, -0.2) is 0 Å². The van der Waals surface area contributed by atoms with Crippen molar-refractivity contribution in [2.24, 2.45) is 5.73 Å². The van der Waals surface area contributed by atoms with Crippen LogP contribution in [0.1, 0.15) is 19.8 Å². The number of nitrogens with zero attached hydrogens (tertiary/aromatic N) is 2. The van der Waals surface area contributed by atoms with Crippen molar-refractivity contribution >= 4 is 0 Å². The van der Waals surface area contributed by atoms with Gasteiger partial charge in [0.2, 0.25) is 0 Å². The normalized spacial score (nSPS) is 21.2. The number of hydrogen-bond acceptors (Lipinski definition) is 3. The second kappa shape index (κ2) is 5.58. The quantitative estimate of drug-likeness (QED) is 0.686. The van der Waals surface area contributed by atoms with E-state index >= 15 is 0 Å². The Morgan fingerprint density at radius 1 is 1.38 bits per heavy atom. The molecule has 0 atom stereocenters. The van der Waals surface area contributed by atoms with Crippen LogP contribution in [0.3, 0.4) is 0 Å². The largest absolute Gasteiger partial charge is 0.329 e. The lowest BCUT2D eigenvalue weighted by molar-refractivity contribution is 0.134. The van der Waals surface area contributed by atoms with Crippen molar-refractivity contribution in [2.75, 3.05) is 39.8 Å². The third kappa shape index (κ3) is 3.25. The Bertz CT molecular complexity index is 130. The first-order chi connectivity index (χ1) is 6.27. The molecule has 13 heavy (non-hydrogen) atoms. The molecule has 1 aliphatic heterocycles. The van der Waals surface area contributed by atoms with Gasteiger partial charge in [0.15, 0.2) is 0 Å². The van der Waals surface area contributed by atoms with Crippen LogP contribution in [0.5, 0.6) is 0 Å². The molecule has 1 aliphatic rings. The van der Waals surface area contributed by atoms with E-state index in [1.165, 1.54) is 32.5 Å². The van der Waals surface area contributed by atoms with Crippen LogP contribution in [0.25, 0.3) is 0 Å². The highest BCUT2D eigenvalue weighted by Gasteiger charge is 2.20. The molecule has 78 valence electrons. The molecule has 2 N–H and O–H groups in total. The van der Waals surface area contributed by atoms with E-state index in [2.05, 4.69) is 23.8 Å². The molecule has 3 nitrogen and oxygen atoms in total. The number of piperidine rings is 1. The van der Waals surface area contributed by atoms with Gasteiger partial charge in [0, 0.05) is 19.1 Å². The Labute approximate surface area is 81.9 Å². The minimum atomic E-state index is 0.800. The topological polar surface area (TPSA) is 32.5 Å². The molecule has 0 spiro atoms. The first-order valence-corrected chi connectivity index (χ1v) is 5.40. The summed E-state index contributed by atoms with van der Waals surface area (Å²) in [6, 6.07) is 0.805. The fourth-order valence-electron chi connectivity index (χ4n) is 2.02. The number of nitrogens with two attached hydrogens (primary N) is 1. The molecule has 0 aliphatic carbocycles. The van der Waals surface area contributed by atoms with Crippen LogP contribution in [0.4, 0.5) is 0 Å². The Morgan fingerprint density at radius 3 is 2.46 bits per heavy atom. The van der Waals surface area contributed by atoms with Crippen LogP contribution < -0.4 is 5.73 Å². The van der Waals surface area contributed by atoms with Crippen LogP contribution in [0, 0.1) is 0 Å². The maximum atomic E-state index is 5.53. The van der Waals surface area contributed by atoms with Crippen molar-refractivity contribution in [3.63, 3.8) is 0 Å². The third-order valence-electron chi connectivity index (χ3n) is 3.12. The molecule has 1 saturated heterocycles. The molecule has 1 heterocycles. The summed E-state index contributed by atoms with van der Waals surface area (Å²) >= 11 is 0. The second-order valence-electron chi connectivity index (χ2n) is 3.93. The molecule has 3 heteroatoms. The van der Waals surface area contributed by atoms with Crippen LogP contribution >= 0.6 is 0 Å². The lowest BCUT2D eigenvalue weighted by atomic mass is 10.0. The molecule has 0 amide bonds. The standard InChI is InChI=1S/C10H23N3/c1-3-12(2)10-4-7-13(8-5-10)9-6-11/h10H,3-9,11H2,1-2H3. The Kier molecular flexibility index (Phi) is 4.70. The van der Waals surface area contributed by atoms with E-state index in [-0.39, 0.29) is 0 Å². The van der Waals surface area contributed by atoms with Gasteiger partial charge in [-0.05, 0) is 39.5 Å². The van der Waals surface area contributed by atoms with E-state index in [4.69, 9.17) is 5.73 Å². The van der Waals surface area contributed by atoms with Crippen molar-refractivity contribution in [3.8, 4) is 0 Å². The van der Waals surface area contributed by atoms with E-state index in [0.29, 0.717) is 0 Å². The summed E-state index contributed by atoms with van der Waals surface area (Å²) in [5.41, 5.74) is 5.53. The Morgan fingerprint density at radius 2 is 2.00 bits per heavy atom. The molecule has 0 bridgehead atoms. The molecule has 0 aromatic rings. The van der Waals surface area contributed by atoms with E-state index in [1.54, 1.807) is 0 Å². The fourth-order valence-corrected chi connectivity index (χ4v) is 2.02. The molecule has 0 saturated carbocycles. The Hall–Kier alpha value is -0.120.